The Morgan fingerprint density at radius 2 is 2.00 bits per heavy atom. The summed E-state index contributed by atoms with van der Waals surface area (Å²) in [7, 11) is 0. The Kier molecular flexibility index (Phi) is 3.19. The molecule has 0 saturated carbocycles. The standard InChI is InChI=1S/C7H7BClF3N/c9-7-2-1-6(5-13-7)3-4-8(10,11)12/h1-2,5H,3-4H2/q-1. The number of pyridine rings is 1. The van der Waals surface area contributed by atoms with Gasteiger partial charge in [0.2, 0.25) is 0 Å². The third-order valence-electron chi connectivity index (χ3n) is 1.55. The number of hydrogen-bond acceptors (Lipinski definition) is 1. The number of rotatable bonds is 3. The summed E-state index contributed by atoms with van der Waals surface area (Å²) in [6, 6.07) is 3.04. The SMILES string of the molecule is F[B-](F)(F)CCc1ccc(Cl)nc1. The molecule has 0 bridgehead atoms. The molecule has 0 radical (unpaired) electrons. The van der Waals surface area contributed by atoms with Gasteiger partial charge in [-0.3, -0.25) is 0 Å². The lowest BCUT2D eigenvalue weighted by Crippen LogP contribution is -2.15. The minimum atomic E-state index is -4.70. The summed E-state index contributed by atoms with van der Waals surface area (Å²) in [5.74, 6) is 0. The molecule has 0 fully saturated rings. The van der Waals surface area contributed by atoms with E-state index in [1.54, 1.807) is 6.07 Å². The minimum Gasteiger partial charge on any atom is -0.449 e. The molecule has 0 spiro atoms. The molecule has 0 saturated heterocycles. The molecule has 0 aromatic carbocycles. The summed E-state index contributed by atoms with van der Waals surface area (Å²) in [6.07, 6.45) is 0.584. The van der Waals surface area contributed by atoms with Gasteiger partial charge < -0.3 is 12.9 Å². The average molecular weight is 208 g/mol. The Labute approximate surface area is 79.0 Å². The van der Waals surface area contributed by atoms with Gasteiger partial charge in [-0.15, -0.1) is 0 Å². The molecule has 0 unspecified atom stereocenters. The van der Waals surface area contributed by atoms with Crippen molar-refractivity contribution < 1.29 is 12.9 Å². The summed E-state index contributed by atoms with van der Waals surface area (Å²) in [6.45, 7) is -4.70. The monoisotopic (exact) mass is 208 g/mol. The van der Waals surface area contributed by atoms with Gasteiger partial charge in [0.05, 0.1) is 0 Å². The zero-order valence-corrected chi connectivity index (χ0v) is 7.44. The van der Waals surface area contributed by atoms with Crippen molar-refractivity contribution in [1.29, 1.82) is 0 Å². The molecule has 0 N–H and O–H groups in total. The van der Waals surface area contributed by atoms with Crippen molar-refractivity contribution in [2.75, 3.05) is 0 Å². The van der Waals surface area contributed by atoms with Crippen LogP contribution in [0.25, 0.3) is 0 Å². The van der Waals surface area contributed by atoms with Gasteiger partial charge in [-0.25, -0.2) is 4.98 Å². The molecule has 1 heterocycles. The lowest BCUT2D eigenvalue weighted by Gasteiger charge is -2.12. The fraction of sp³-hybridized carbons (Fsp3) is 0.286. The van der Waals surface area contributed by atoms with Crippen molar-refractivity contribution in [1.82, 2.24) is 4.98 Å². The number of aryl methyl sites for hydroxylation is 1. The summed E-state index contributed by atoms with van der Waals surface area (Å²) >= 11 is 5.47. The smallest absolute Gasteiger partial charge is 0.449 e. The second kappa shape index (κ2) is 4.00. The van der Waals surface area contributed by atoms with Gasteiger partial charge in [0.1, 0.15) is 5.15 Å². The quantitative estimate of drug-likeness (QED) is 0.549. The minimum absolute atomic E-state index is 0.0202. The topological polar surface area (TPSA) is 12.9 Å². The summed E-state index contributed by atoms with van der Waals surface area (Å²) in [5.41, 5.74) is 0.559. The van der Waals surface area contributed by atoms with Crippen molar-refractivity contribution in [3.63, 3.8) is 0 Å². The fourth-order valence-corrected chi connectivity index (χ4v) is 0.996. The highest BCUT2D eigenvalue weighted by Crippen LogP contribution is 2.18. The van der Waals surface area contributed by atoms with Crippen molar-refractivity contribution in [3.05, 3.63) is 29.0 Å². The maximum absolute atomic E-state index is 11.8. The number of hydrogen-bond donors (Lipinski definition) is 0. The van der Waals surface area contributed by atoms with Gasteiger partial charge in [-0.2, -0.15) is 0 Å². The third kappa shape index (κ3) is 4.17. The van der Waals surface area contributed by atoms with Gasteiger partial charge in [0, 0.05) is 6.20 Å². The summed E-state index contributed by atoms with van der Waals surface area (Å²) in [5, 5.41) is 0.293. The van der Waals surface area contributed by atoms with E-state index in [1.165, 1.54) is 12.3 Å². The lowest BCUT2D eigenvalue weighted by molar-refractivity contribution is 0.467. The molecule has 0 aliphatic rings. The van der Waals surface area contributed by atoms with Crippen LogP contribution in [0.3, 0.4) is 0 Å². The van der Waals surface area contributed by atoms with E-state index >= 15 is 0 Å². The van der Waals surface area contributed by atoms with Crippen LogP contribution in [0.4, 0.5) is 12.9 Å². The molecule has 1 aromatic rings. The van der Waals surface area contributed by atoms with Crippen molar-refractivity contribution in [2.45, 2.75) is 12.7 Å². The molecule has 0 aliphatic carbocycles. The summed E-state index contributed by atoms with van der Waals surface area (Å²) < 4.78 is 35.5. The Morgan fingerprint density at radius 1 is 1.31 bits per heavy atom. The van der Waals surface area contributed by atoms with E-state index in [-0.39, 0.29) is 6.42 Å². The van der Waals surface area contributed by atoms with E-state index in [2.05, 4.69) is 4.98 Å². The largest absolute Gasteiger partial charge is 0.478 e. The number of aromatic nitrogens is 1. The third-order valence-corrected chi connectivity index (χ3v) is 1.77. The highest BCUT2D eigenvalue weighted by Gasteiger charge is 2.21. The molecule has 1 aromatic heterocycles. The second-order valence-corrected chi connectivity index (χ2v) is 3.13. The molecule has 0 amide bonds. The van der Waals surface area contributed by atoms with Crippen LogP contribution in [0.5, 0.6) is 0 Å². The lowest BCUT2D eigenvalue weighted by atomic mass is 9.83. The van der Waals surface area contributed by atoms with Gasteiger partial charge in [0.15, 0.2) is 0 Å². The van der Waals surface area contributed by atoms with Crippen LogP contribution in [-0.2, 0) is 6.42 Å². The first-order chi connectivity index (χ1) is 5.97. The molecular weight excluding hydrogens is 201 g/mol. The molecule has 1 rings (SSSR count). The van der Waals surface area contributed by atoms with Gasteiger partial charge >= 0.3 is 6.98 Å². The van der Waals surface area contributed by atoms with E-state index in [0.717, 1.165) is 0 Å². The molecular formula is C7H7BClF3N-. The predicted octanol–water partition coefficient (Wildman–Crippen LogP) is 3.12. The highest BCUT2D eigenvalue weighted by molar-refractivity contribution is 6.58. The maximum Gasteiger partial charge on any atom is 0.478 e. The fourth-order valence-electron chi connectivity index (χ4n) is 0.885. The Bertz CT molecular complexity index is 272. The summed E-state index contributed by atoms with van der Waals surface area (Å²) in [4.78, 5) is 3.68. The second-order valence-electron chi connectivity index (χ2n) is 2.74. The normalized spacial score (nSPS) is 11.7. The van der Waals surface area contributed by atoms with E-state index in [0.29, 0.717) is 10.7 Å². The van der Waals surface area contributed by atoms with Gasteiger partial charge in [-0.05, 0) is 11.6 Å². The van der Waals surface area contributed by atoms with E-state index in [9.17, 15) is 12.9 Å². The van der Waals surface area contributed by atoms with E-state index in [1.807, 2.05) is 0 Å². The predicted molar refractivity (Wildman–Crippen MR) is 46.8 cm³/mol. The molecule has 1 nitrogen and oxygen atoms in total. The van der Waals surface area contributed by atoms with Crippen LogP contribution in [0.1, 0.15) is 5.56 Å². The molecule has 6 heteroatoms. The van der Waals surface area contributed by atoms with E-state index in [4.69, 9.17) is 11.6 Å². The Morgan fingerprint density at radius 3 is 2.46 bits per heavy atom. The zero-order chi connectivity index (χ0) is 9.90. The van der Waals surface area contributed by atoms with E-state index < -0.39 is 13.3 Å². The Hall–Kier alpha value is -0.705. The zero-order valence-electron chi connectivity index (χ0n) is 6.68. The molecule has 0 atom stereocenters. The van der Waals surface area contributed by atoms with Crippen LogP contribution in [0.2, 0.25) is 11.5 Å². The molecule has 72 valence electrons. The van der Waals surface area contributed by atoms with Gasteiger partial charge in [-0.1, -0.05) is 30.4 Å². The van der Waals surface area contributed by atoms with Crippen LogP contribution < -0.4 is 0 Å². The average Bonchev–Trinajstić information content (AvgIpc) is 2.02. The van der Waals surface area contributed by atoms with Crippen LogP contribution in [-0.4, -0.2) is 12.0 Å². The first-order valence-electron chi connectivity index (χ1n) is 3.79. The first-order valence-corrected chi connectivity index (χ1v) is 4.16. The molecule has 13 heavy (non-hydrogen) atoms. The van der Waals surface area contributed by atoms with Gasteiger partial charge in [0.25, 0.3) is 0 Å². The molecule has 0 aliphatic heterocycles. The number of nitrogens with zero attached hydrogens (tertiary/aromatic N) is 1. The van der Waals surface area contributed by atoms with Crippen LogP contribution in [0, 0.1) is 0 Å². The van der Waals surface area contributed by atoms with Crippen LogP contribution >= 0.6 is 11.6 Å². The maximum atomic E-state index is 11.8. The number of halogens is 4. The Balaban J connectivity index is 2.51. The van der Waals surface area contributed by atoms with Crippen molar-refractivity contribution in [2.24, 2.45) is 0 Å². The van der Waals surface area contributed by atoms with Crippen molar-refractivity contribution in [3.8, 4) is 0 Å². The van der Waals surface area contributed by atoms with Crippen molar-refractivity contribution >= 4 is 18.6 Å². The highest BCUT2D eigenvalue weighted by atomic mass is 35.5. The first kappa shape index (κ1) is 10.4. The van der Waals surface area contributed by atoms with Crippen LogP contribution in [0.15, 0.2) is 18.3 Å².